The monoisotopic (exact) mass is 438 g/mol. The minimum atomic E-state index is -0.899. The van der Waals surface area contributed by atoms with Crippen molar-refractivity contribution in [3.63, 3.8) is 0 Å². The van der Waals surface area contributed by atoms with Gasteiger partial charge in [0.2, 0.25) is 0 Å². The molecule has 0 bridgehead atoms. The number of likely N-dealkylation sites (N-methyl/N-ethyl adjacent to an activating group) is 1. The molecule has 1 unspecified atom stereocenters. The molecule has 1 aromatic heterocycles. The molecule has 6 heteroatoms. The first-order valence-corrected chi connectivity index (χ1v) is 11.0. The lowest BCUT2D eigenvalue weighted by Crippen LogP contribution is -2.32. The molecule has 5 nitrogen and oxygen atoms in total. The fourth-order valence-electron chi connectivity index (χ4n) is 5.16. The third-order valence-corrected chi connectivity index (χ3v) is 6.15. The minimum Gasteiger partial charge on any atom is -0.487 e. The third kappa shape index (κ3) is 3.61. The van der Waals surface area contributed by atoms with E-state index in [-0.39, 0.29) is 18.3 Å². The van der Waals surface area contributed by atoms with E-state index in [9.17, 15) is 14.3 Å². The van der Waals surface area contributed by atoms with Gasteiger partial charge in [-0.05, 0) is 76.4 Å². The zero-order valence-electron chi connectivity index (χ0n) is 19.8. The summed E-state index contributed by atoms with van der Waals surface area (Å²) >= 11 is 0. The number of carbonyl (C=O) groups is 1. The van der Waals surface area contributed by atoms with E-state index in [1.54, 1.807) is 6.07 Å². The Morgan fingerprint density at radius 3 is 2.56 bits per heavy atom. The second-order valence-electron chi connectivity index (χ2n) is 9.90. The number of aryl methyl sites for hydroxylation is 1. The molecule has 0 saturated carbocycles. The molecule has 2 aromatic carbocycles. The summed E-state index contributed by atoms with van der Waals surface area (Å²) in [6.45, 7) is 12.9. The molecule has 1 N–H and O–H groups in total. The number of aromatic nitrogens is 1. The van der Waals surface area contributed by atoms with Gasteiger partial charge in [0.25, 0.3) is 0 Å². The van der Waals surface area contributed by atoms with E-state index in [0.717, 1.165) is 45.5 Å². The lowest BCUT2D eigenvalue weighted by atomic mass is 9.88. The molecule has 2 heterocycles. The van der Waals surface area contributed by atoms with Gasteiger partial charge >= 0.3 is 5.97 Å². The predicted molar refractivity (Wildman–Crippen MR) is 127 cm³/mol. The van der Waals surface area contributed by atoms with E-state index in [0.29, 0.717) is 11.3 Å². The molecule has 170 valence electrons. The van der Waals surface area contributed by atoms with Crippen molar-refractivity contribution in [3.05, 3.63) is 46.9 Å². The van der Waals surface area contributed by atoms with Crippen LogP contribution in [0.2, 0.25) is 0 Å². The number of halogens is 1. The van der Waals surface area contributed by atoms with Crippen LogP contribution in [-0.2, 0) is 11.2 Å². The van der Waals surface area contributed by atoms with Gasteiger partial charge in [-0.2, -0.15) is 0 Å². The molecule has 4 rings (SSSR count). The number of nitrogens with zero attached hydrogens (tertiary/aromatic N) is 2. The van der Waals surface area contributed by atoms with Crippen LogP contribution >= 0.6 is 0 Å². The van der Waals surface area contributed by atoms with Gasteiger partial charge < -0.3 is 19.3 Å². The largest absolute Gasteiger partial charge is 0.487 e. The fraction of sp³-hybridized carbons (Fsp3) is 0.423. The molecule has 32 heavy (non-hydrogen) atoms. The smallest absolute Gasteiger partial charge is 0.307 e. The van der Waals surface area contributed by atoms with Crippen molar-refractivity contribution in [2.45, 2.75) is 59.6 Å². The lowest BCUT2D eigenvalue weighted by molar-refractivity contribution is -0.136. The Balaban J connectivity index is 2.16. The maximum absolute atomic E-state index is 14.3. The molecule has 0 aliphatic carbocycles. The number of carboxylic acid groups (broad SMARTS) is 1. The average molecular weight is 439 g/mol. The Labute approximate surface area is 188 Å². The van der Waals surface area contributed by atoms with Crippen molar-refractivity contribution >= 4 is 22.6 Å². The van der Waals surface area contributed by atoms with Gasteiger partial charge in [-0.1, -0.05) is 0 Å². The summed E-state index contributed by atoms with van der Waals surface area (Å²) in [6, 6.07) is 6.92. The SMILES string of the molecule is Cc1c(CC(=O)O)c(-c2ccc(F)cc2OC(C)(C)C)c2cc(C)n3c2c1N(C)CC3C. The average Bonchev–Trinajstić information content (AvgIpc) is 2.98. The van der Waals surface area contributed by atoms with E-state index in [1.165, 1.54) is 12.1 Å². The molecule has 0 saturated heterocycles. The first-order valence-electron chi connectivity index (χ1n) is 11.0. The molecule has 1 aliphatic heterocycles. The van der Waals surface area contributed by atoms with Crippen molar-refractivity contribution in [3.8, 4) is 16.9 Å². The van der Waals surface area contributed by atoms with Crippen LogP contribution in [0, 0.1) is 19.7 Å². The van der Waals surface area contributed by atoms with Gasteiger partial charge in [0.05, 0.1) is 17.6 Å². The van der Waals surface area contributed by atoms with Gasteiger partial charge in [0, 0.05) is 42.3 Å². The van der Waals surface area contributed by atoms with Gasteiger partial charge in [-0.3, -0.25) is 4.79 Å². The summed E-state index contributed by atoms with van der Waals surface area (Å²) in [7, 11) is 2.06. The first kappa shape index (κ1) is 22.2. The van der Waals surface area contributed by atoms with Crippen molar-refractivity contribution in [1.29, 1.82) is 0 Å². The maximum atomic E-state index is 14.3. The third-order valence-electron chi connectivity index (χ3n) is 6.15. The highest BCUT2D eigenvalue weighted by molar-refractivity contribution is 6.08. The number of hydrogen-bond donors (Lipinski definition) is 1. The summed E-state index contributed by atoms with van der Waals surface area (Å²) in [4.78, 5) is 14.1. The number of rotatable bonds is 4. The zero-order valence-corrected chi connectivity index (χ0v) is 19.8. The Morgan fingerprint density at radius 1 is 1.25 bits per heavy atom. The molecule has 0 fully saturated rings. The number of ether oxygens (including phenoxy) is 1. The van der Waals surface area contributed by atoms with E-state index in [4.69, 9.17) is 4.74 Å². The standard InChI is InChI=1S/C26H31FN2O3/c1-14-10-20-23(18-9-8-17(27)11-21(18)32-26(4,5)6)19(12-22(30)31)16(3)24-25(20)29(14)15(2)13-28(24)7/h8-11,15H,12-13H2,1-7H3,(H,30,31). The second kappa shape index (κ2) is 7.54. The molecular formula is C26H31FN2O3. The van der Waals surface area contributed by atoms with Crippen LogP contribution in [0.3, 0.4) is 0 Å². The van der Waals surface area contributed by atoms with E-state index < -0.39 is 11.6 Å². The van der Waals surface area contributed by atoms with Gasteiger partial charge in [0.1, 0.15) is 17.2 Å². The van der Waals surface area contributed by atoms with Crippen LogP contribution in [0.4, 0.5) is 10.1 Å². The highest BCUT2D eigenvalue weighted by atomic mass is 19.1. The van der Waals surface area contributed by atoms with Gasteiger partial charge in [-0.15, -0.1) is 0 Å². The summed E-state index contributed by atoms with van der Waals surface area (Å²) in [6.07, 6.45) is -0.121. The molecule has 0 spiro atoms. The van der Waals surface area contributed by atoms with E-state index >= 15 is 0 Å². The Morgan fingerprint density at radius 2 is 1.94 bits per heavy atom. The Kier molecular flexibility index (Phi) is 5.23. The Bertz CT molecular complexity index is 1240. The molecule has 3 aromatic rings. The quantitative estimate of drug-likeness (QED) is 0.553. The highest BCUT2D eigenvalue weighted by Gasteiger charge is 2.31. The van der Waals surface area contributed by atoms with Crippen molar-refractivity contribution in [2.24, 2.45) is 0 Å². The number of anilines is 1. The van der Waals surface area contributed by atoms with Crippen LogP contribution in [-0.4, -0.2) is 34.8 Å². The highest BCUT2D eigenvalue weighted by Crippen LogP contribution is 2.48. The summed E-state index contributed by atoms with van der Waals surface area (Å²) in [5, 5.41) is 10.7. The van der Waals surface area contributed by atoms with Crippen molar-refractivity contribution < 1.29 is 19.0 Å². The van der Waals surface area contributed by atoms with Crippen LogP contribution in [0.1, 0.15) is 50.6 Å². The summed E-state index contributed by atoms with van der Waals surface area (Å²) in [5.74, 6) is -0.869. The zero-order chi connectivity index (χ0) is 23.5. The lowest BCUT2D eigenvalue weighted by Gasteiger charge is -2.35. The number of carboxylic acids is 1. The number of hydrogen-bond acceptors (Lipinski definition) is 3. The summed E-state index contributed by atoms with van der Waals surface area (Å²) in [5.41, 5.74) is 5.94. The normalized spacial score (nSPS) is 16.0. The van der Waals surface area contributed by atoms with E-state index in [2.05, 4.69) is 36.4 Å². The predicted octanol–water partition coefficient (Wildman–Crippen LogP) is 5.88. The molecule has 0 amide bonds. The van der Waals surface area contributed by atoms with Gasteiger partial charge in [0.15, 0.2) is 0 Å². The summed E-state index contributed by atoms with van der Waals surface area (Å²) < 4.78 is 22.8. The van der Waals surface area contributed by atoms with Crippen LogP contribution in [0.15, 0.2) is 24.3 Å². The second-order valence-corrected chi connectivity index (χ2v) is 9.90. The van der Waals surface area contributed by atoms with Gasteiger partial charge in [-0.25, -0.2) is 4.39 Å². The van der Waals surface area contributed by atoms with E-state index in [1.807, 2.05) is 27.7 Å². The molecule has 0 radical (unpaired) electrons. The molecular weight excluding hydrogens is 407 g/mol. The number of benzene rings is 2. The molecule has 1 aliphatic rings. The van der Waals surface area contributed by atoms with Crippen LogP contribution in [0.25, 0.3) is 22.0 Å². The topological polar surface area (TPSA) is 54.7 Å². The number of aliphatic carboxylic acids is 1. The van der Waals surface area contributed by atoms with Crippen LogP contribution in [0.5, 0.6) is 5.75 Å². The maximum Gasteiger partial charge on any atom is 0.307 e. The first-order chi connectivity index (χ1) is 14.9. The Hall–Kier alpha value is -3.02. The van der Waals surface area contributed by atoms with Crippen molar-refractivity contribution in [2.75, 3.05) is 18.5 Å². The molecule has 1 atom stereocenters. The fourth-order valence-corrected chi connectivity index (χ4v) is 5.16. The van der Waals surface area contributed by atoms with Crippen LogP contribution < -0.4 is 9.64 Å². The van der Waals surface area contributed by atoms with Crippen molar-refractivity contribution in [1.82, 2.24) is 4.57 Å². The minimum absolute atomic E-state index is 0.121.